The second-order valence-corrected chi connectivity index (χ2v) is 8.45. The fraction of sp³-hybridized carbons (Fsp3) is 0.400. The van der Waals surface area contributed by atoms with Crippen LogP contribution < -0.4 is 5.32 Å². The zero-order valence-corrected chi connectivity index (χ0v) is 15.8. The molecule has 0 saturated heterocycles. The smallest absolute Gasteiger partial charge is 0.446 e. The predicted octanol–water partition coefficient (Wildman–Crippen LogP) is 5.55. The molecule has 2 aliphatic rings. The number of oxazole rings is 1. The van der Waals surface area contributed by atoms with Gasteiger partial charge >= 0.3 is 6.18 Å². The van der Waals surface area contributed by atoms with Crippen molar-refractivity contribution in [1.82, 2.24) is 10.3 Å². The number of furan rings is 1. The normalized spacial score (nSPS) is 26.3. The number of nitrogens with zero attached hydrogens (tertiary/aromatic N) is 1. The van der Waals surface area contributed by atoms with E-state index < -0.39 is 17.8 Å². The molecule has 5 rings (SSSR count). The van der Waals surface area contributed by atoms with Gasteiger partial charge in [-0.05, 0) is 61.4 Å². The number of hydrogen-bond acceptors (Lipinski definition) is 4. The van der Waals surface area contributed by atoms with Crippen molar-refractivity contribution in [3.8, 4) is 0 Å². The van der Waals surface area contributed by atoms with E-state index in [0.29, 0.717) is 16.5 Å². The van der Waals surface area contributed by atoms with E-state index in [1.807, 2.05) is 0 Å². The van der Waals surface area contributed by atoms with Gasteiger partial charge in [-0.15, -0.1) is 0 Å². The molecule has 2 heterocycles. The van der Waals surface area contributed by atoms with Crippen molar-refractivity contribution in [2.45, 2.75) is 43.8 Å². The number of hydrogen-bond donors (Lipinski definition) is 1. The molecule has 5 nitrogen and oxygen atoms in total. The van der Waals surface area contributed by atoms with Crippen LogP contribution in [0.2, 0.25) is 5.02 Å². The minimum absolute atomic E-state index is 0.0645. The van der Waals surface area contributed by atoms with Gasteiger partial charge in [-0.3, -0.25) is 4.79 Å². The Morgan fingerprint density at radius 1 is 1.14 bits per heavy atom. The maximum atomic E-state index is 12.6. The molecule has 3 aromatic rings. The van der Waals surface area contributed by atoms with Crippen LogP contribution in [0.25, 0.3) is 11.1 Å². The molecule has 29 heavy (non-hydrogen) atoms. The standard InChI is InChI=1S/C20H16ClF3N2O3/c21-11-1-2-14-13(5-11)26-18(29-14)10-6-19(7-10)8-12(9-19)25-17(27)15-3-4-16(28-15)20(22,23)24/h1-5,10,12H,6-9H2,(H,25,27). The van der Waals surface area contributed by atoms with Gasteiger partial charge in [0.1, 0.15) is 5.52 Å². The molecule has 2 aliphatic carbocycles. The van der Waals surface area contributed by atoms with Crippen molar-refractivity contribution in [1.29, 1.82) is 0 Å². The highest BCUT2D eigenvalue weighted by Crippen LogP contribution is 2.61. The number of benzene rings is 1. The van der Waals surface area contributed by atoms with Crippen LogP contribution in [0.3, 0.4) is 0 Å². The van der Waals surface area contributed by atoms with Crippen LogP contribution >= 0.6 is 11.6 Å². The number of halogens is 4. The molecular formula is C20H16ClF3N2O3. The van der Waals surface area contributed by atoms with E-state index in [0.717, 1.165) is 43.3 Å². The summed E-state index contributed by atoms with van der Waals surface area (Å²) in [5.41, 5.74) is 1.59. The van der Waals surface area contributed by atoms with Crippen LogP contribution in [0.4, 0.5) is 13.2 Å². The Bertz CT molecular complexity index is 1090. The fourth-order valence-corrected chi connectivity index (χ4v) is 4.71. The topological polar surface area (TPSA) is 68.3 Å². The third kappa shape index (κ3) is 3.29. The zero-order valence-electron chi connectivity index (χ0n) is 15.1. The first-order valence-electron chi connectivity index (χ1n) is 9.25. The lowest BCUT2D eigenvalue weighted by atomic mass is 9.50. The molecule has 0 bridgehead atoms. The summed E-state index contributed by atoms with van der Waals surface area (Å²) in [5, 5.41) is 3.36. The van der Waals surface area contributed by atoms with Crippen LogP contribution in [0.5, 0.6) is 0 Å². The highest BCUT2D eigenvalue weighted by Gasteiger charge is 2.54. The maximum Gasteiger partial charge on any atom is 0.449 e. The van der Waals surface area contributed by atoms with Crippen LogP contribution in [0, 0.1) is 5.41 Å². The first-order valence-corrected chi connectivity index (χ1v) is 9.63. The van der Waals surface area contributed by atoms with Crippen molar-refractivity contribution in [2.24, 2.45) is 5.41 Å². The molecule has 0 atom stereocenters. The number of nitrogens with one attached hydrogen (secondary N) is 1. The molecule has 2 saturated carbocycles. The average molecular weight is 425 g/mol. The Morgan fingerprint density at radius 3 is 2.59 bits per heavy atom. The summed E-state index contributed by atoms with van der Waals surface area (Å²) < 4.78 is 48.2. The number of carbonyl (C=O) groups is 1. The number of fused-ring (bicyclic) bond motifs is 1. The molecule has 2 aromatic heterocycles. The van der Waals surface area contributed by atoms with Gasteiger partial charge < -0.3 is 14.2 Å². The Labute approximate surface area is 168 Å². The molecule has 152 valence electrons. The largest absolute Gasteiger partial charge is 0.449 e. The Hall–Kier alpha value is -2.48. The second-order valence-electron chi connectivity index (χ2n) is 8.01. The van der Waals surface area contributed by atoms with Gasteiger partial charge in [-0.1, -0.05) is 11.6 Å². The minimum atomic E-state index is -4.60. The van der Waals surface area contributed by atoms with Gasteiger partial charge in [0.15, 0.2) is 17.2 Å². The molecule has 0 unspecified atom stereocenters. The molecule has 0 radical (unpaired) electrons. The van der Waals surface area contributed by atoms with Crippen molar-refractivity contribution >= 4 is 28.6 Å². The summed E-state index contributed by atoms with van der Waals surface area (Å²) in [5.74, 6) is -1.18. The van der Waals surface area contributed by atoms with Crippen LogP contribution in [-0.2, 0) is 6.18 Å². The van der Waals surface area contributed by atoms with Crippen molar-refractivity contribution < 1.29 is 26.8 Å². The molecule has 1 amide bonds. The van der Waals surface area contributed by atoms with E-state index in [1.165, 1.54) is 0 Å². The quantitative estimate of drug-likeness (QED) is 0.598. The van der Waals surface area contributed by atoms with Crippen molar-refractivity contribution in [3.05, 3.63) is 52.8 Å². The molecule has 1 N–H and O–H groups in total. The number of alkyl halides is 3. The first-order chi connectivity index (χ1) is 13.7. The highest BCUT2D eigenvalue weighted by molar-refractivity contribution is 6.31. The van der Waals surface area contributed by atoms with Gasteiger partial charge in [0.25, 0.3) is 5.91 Å². The minimum Gasteiger partial charge on any atom is -0.446 e. The summed E-state index contributed by atoms with van der Waals surface area (Å²) in [6, 6.07) is 7.08. The van der Waals surface area contributed by atoms with Crippen LogP contribution in [0.1, 0.15) is 53.8 Å². The van der Waals surface area contributed by atoms with Gasteiger partial charge in [0.05, 0.1) is 0 Å². The summed E-state index contributed by atoms with van der Waals surface area (Å²) in [6.07, 6.45) is -1.20. The maximum absolute atomic E-state index is 12.6. The van der Waals surface area contributed by atoms with Crippen LogP contribution in [-0.4, -0.2) is 16.9 Å². The molecule has 1 spiro atoms. The SMILES string of the molecule is O=C(NC1CC2(C1)CC(c1nc3cc(Cl)ccc3o1)C2)c1ccc(C(F)(F)F)o1. The Balaban J connectivity index is 1.15. The van der Waals surface area contributed by atoms with Crippen LogP contribution in [0.15, 0.2) is 39.2 Å². The van der Waals surface area contributed by atoms with Gasteiger partial charge in [-0.2, -0.15) is 13.2 Å². The van der Waals surface area contributed by atoms with Crippen molar-refractivity contribution in [3.63, 3.8) is 0 Å². The average Bonchev–Trinajstić information content (AvgIpc) is 3.21. The Kier molecular flexibility index (Phi) is 4.00. The number of rotatable bonds is 3. The zero-order chi connectivity index (χ0) is 20.4. The third-order valence-corrected chi connectivity index (χ3v) is 6.11. The molecular weight excluding hydrogens is 409 g/mol. The molecule has 0 aliphatic heterocycles. The van der Waals surface area contributed by atoms with E-state index in [2.05, 4.69) is 14.7 Å². The van der Waals surface area contributed by atoms with Gasteiger partial charge in [0.2, 0.25) is 5.76 Å². The molecule has 9 heteroatoms. The lowest BCUT2D eigenvalue weighted by molar-refractivity contribution is -0.153. The fourth-order valence-electron chi connectivity index (χ4n) is 4.54. The summed E-state index contributed by atoms with van der Waals surface area (Å²) in [7, 11) is 0. The van der Waals surface area contributed by atoms with E-state index in [-0.39, 0.29) is 23.1 Å². The summed E-state index contributed by atoms with van der Waals surface area (Å²) >= 11 is 5.98. The molecule has 1 aromatic carbocycles. The van der Waals surface area contributed by atoms with E-state index in [1.54, 1.807) is 18.2 Å². The predicted molar refractivity (Wildman–Crippen MR) is 97.6 cm³/mol. The number of amides is 1. The van der Waals surface area contributed by atoms with Gasteiger partial charge in [0, 0.05) is 17.0 Å². The third-order valence-electron chi connectivity index (χ3n) is 5.88. The molecule has 2 fully saturated rings. The summed E-state index contributed by atoms with van der Waals surface area (Å²) in [6.45, 7) is 0. The van der Waals surface area contributed by atoms with Crippen molar-refractivity contribution in [2.75, 3.05) is 0 Å². The highest BCUT2D eigenvalue weighted by atomic mass is 35.5. The lowest BCUT2D eigenvalue weighted by Crippen LogP contribution is -2.55. The number of aromatic nitrogens is 1. The monoisotopic (exact) mass is 424 g/mol. The number of carbonyl (C=O) groups excluding carboxylic acids is 1. The second kappa shape index (κ2) is 6.26. The van der Waals surface area contributed by atoms with E-state index in [4.69, 9.17) is 16.0 Å². The van der Waals surface area contributed by atoms with Gasteiger partial charge in [-0.25, -0.2) is 4.98 Å². The first kappa shape index (κ1) is 18.5. The van der Waals surface area contributed by atoms with E-state index in [9.17, 15) is 18.0 Å². The Morgan fingerprint density at radius 2 is 1.90 bits per heavy atom. The summed E-state index contributed by atoms with van der Waals surface area (Å²) in [4.78, 5) is 16.6. The lowest BCUT2D eigenvalue weighted by Gasteiger charge is -2.57. The van der Waals surface area contributed by atoms with E-state index >= 15 is 0 Å².